The van der Waals surface area contributed by atoms with E-state index in [9.17, 15) is 0 Å². The van der Waals surface area contributed by atoms with Gasteiger partial charge in [0, 0.05) is 43.2 Å². The van der Waals surface area contributed by atoms with Crippen LogP contribution in [0.25, 0.3) is 0 Å². The van der Waals surface area contributed by atoms with Crippen LogP contribution in [0, 0.1) is 0 Å². The van der Waals surface area contributed by atoms with Gasteiger partial charge < -0.3 is 15.0 Å². The molecule has 3 rings (SSSR count). The van der Waals surface area contributed by atoms with Crippen molar-refractivity contribution in [2.75, 3.05) is 31.1 Å². The van der Waals surface area contributed by atoms with Gasteiger partial charge in [0.2, 0.25) is 0 Å². The molecule has 2 heterocycles. The Morgan fingerprint density at radius 1 is 1.35 bits per heavy atom. The smallest absolute Gasteiger partial charge is 0.146 e. The summed E-state index contributed by atoms with van der Waals surface area (Å²) in [5, 5.41) is 4.17. The van der Waals surface area contributed by atoms with E-state index in [-0.39, 0.29) is 6.10 Å². The monoisotopic (exact) mass is 252 g/mol. The van der Waals surface area contributed by atoms with E-state index < -0.39 is 0 Å². The molecule has 2 aliphatic heterocycles. The van der Waals surface area contributed by atoms with E-state index in [1.54, 1.807) is 0 Å². The largest absolute Gasteiger partial charge is 0.488 e. The molecular formula is C13H17ClN2O. The van der Waals surface area contributed by atoms with Gasteiger partial charge in [0.05, 0.1) is 5.69 Å². The normalized spacial score (nSPS) is 23.4. The molecule has 1 aromatic rings. The number of nitrogens with zero attached hydrogens (tertiary/aromatic N) is 1. The summed E-state index contributed by atoms with van der Waals surface area (Å²) in [6, 6.07) is 4.07. The van der Waals surface area contributed by atoms with Crippen molar-refractivity contribution in [2.45, 2.75) is 19.4 Å². The number of piperazine rings is 1. The molecule has 4 heteroatoms. The zero-order chi connectivity index (χ0) is 11.8. The summed E-state index contributed by atoms with van der Waals surface area (Å²) in [6.07, 6.45) is 1.24. The number of ether oxygens (including phenoxy) is 1. The summed E-state index contributed by atoms with van der Waals surface area (Å²) in [4.78, 5) is 2.36. The fourth-order valence-electron chi connectivity index (χ4n) is 2.62. The van der Waals surface area contributed by atoms with E-state index in [1.807, 2.05) is 12.1 Å². The van der Waals surface area contributed by atoms with Gasteiger partial charge in [-0.15, -0.1) is 0 Å². The maximum Gasteiger partial charge on any atom is 0.146 e. The Kier molecular flexibility index (Phi) is 2.89. The lowest BCUT2D eigenvalue weighted by Gasteiger charge is -2.30. The fourth-order valence-corrected chi connectivity index (χ4v) is 2.85. The Labute approximate surface area is 107 Å². The molecule has 0 amide bonds. The van der Waals surface area contributed by atoms with Crippen molar-refractivity contribution < 1.29 is 4.74 Å². The van der Waals surface area contributed by atoms with Crippen LogP contribution in [0.2, 0.25) is 5.02 Å². The van der Waals surface area contributed by atoms with Gasteiger partial charge in [0.15, 0.2) is 0 Å². The van der Waals surface area contributed by atoms with E-state index >= 15 is 0 Å². The summed E-state index contributed by atoms with van der Waals surface area (Å²) in [5.74, 6) is 1.05. The van der Waals surface area contributed by atoms with Crippen LogP contribution >= 0.6 is 11.6 Å². The number of benzene rings is 1. The van der Waals surface area contributed by atoms with Crippen molar-refractivity contribution in [1.29, 1.82) is 0 Å². The summed E-state index contributed by atoms with van der Waals surface area (Å²) < 4.78 is 5.93. The van der Waals surface area contributed by atoms with Crippen molar-refractivity contribution in [3.05, 3.63) is 22.7 Å². The van der Waals surface area contributed by atoms with Gasteiger partial charge in [0.25, 0.3) is 0 Å². The van der Waals surface area contributed by atoms with E-state index in [0.717, 1.165) is 43.4 Å². The number of anilines is 1. The topological polar surface area (TPSA) is 24.5 Å². The molecule has 17 heavy (non-hydrogen) atoms. The van der Waals surface area contributed by atoms with Gasteiger partial charge >= 0.3 is 0 Å². The van der Waals surface area contributed by atoms with Crippen LogP contribution in [0.15, 0.2) is 12.1 Å². The molecule has 0 unspecified atom stereocenters. The van der Waals surface area contributed by atoms with Gasteiger partial charge in [-0.1, -0.05) is 11.6 Å². The molecule has 0 spiro atoms. The van der Waals surface area contributed by atoms with Crippen molar-refractivity contribution in [1.82, 2.24) is 5.32 Å². The van der Waals surface area contributed by atoms with Gasteiger partial charge in [-0.25, -0.2) is 0 Å². The first-order valence-corrected chi connectivity index (χ1v) is 6.56. The molecule has 1 N–H and O–H groups in total. The molecule has 2 aliphatic rings. The molecule has 1 saturated heterocycles. The Morgan fingerprint density at radius 3 is 2.88 bits per heavy atom. The highest BCUT2D eigenvalue weighted by molar-refractivity contribution is 6.31. The predicted molar refractivity (Wildman–Crippen MR) is 70.3 cm³/mol. The number of rotatable bonds is 1. The van der Waals surface area contributed by atoms with Crippen LogP contribution in [0.3, 0.4) is 0 Å². The second kappa shape index (κ2) is 4.39. The van der Waals surface area contributed by atoms with Crippen molar-refractivity contribution >= 4 is 17.3 Å². The second-order valence-corrected chi connectivity index (χ2v) is 5.22. The highest BCUT2D eigenvalue weighted by atomic mass is 35.5. The maximum atomic E-state index is 6.20. The maximum absolute atomic E-state index is 6.20. The van der Waals surface area contributed by atoms with Crippen LogP contribution in [-0.2, 0) is 6.42 Å². The van der Waals surface area contributed by atoms with Crippen LogP contribution in [0.4, 0.5) is 5.69 Å². The SMILES string of the molecule is C[C@@H]1Cc2cc(Cl)cc(N3CCNCC3)c2O1. The number of hydrogen-bond donors (Lipinski definition) is 1. The first-order valence-electron chi connectivity index (χ1n) is 6.19. The third-order valence-corrected chi connectivity index (χ3v) is 3.61. The molecule has 0 radical (unpaired) electrons. The predicted octanol–water partition coefficient (Wildman–Crippen LogP) is 2.07. The number of nitrogens with one attached hydrogen (secondary N) is 1. The number of halogens is 1. The Morgan fingerprint density at radius 2 is 2.12 bits per heavy atom. The highest BCUT2D eigenvalue weighted by Crippen LogP contribution is 2.40. The number of fused-ring (bicyclic) bond motifs is 1. The molecular weight excluding hydrogens is 236 g/mol. The van der Waals surface area contributed by atoms with Crippen molar-refractivity contribution in [3.63, 3.8) is 0 Å². The van der Waals surface area contributed by atoms with E-state index in [1.165, 1.54) is 11.3 Å². The van der Waals surface area contributed by atoms with Gasteiger partial charge in [0.1, 0.15) is 11.9 Å². The van der Waals surface area contributed by atoms with Crippen molar-refractivity contribution in [3.8, 4) is 5.75 Å². The van der Waals surface area contributed by atoms with Gasteiger partial charge in [-0.3, -0.25) is 0 Å². The van der Waals surface area contributed by atoms with E-state index in [0.29, 0.717) is 0 Å². The van der Waals surface area contributed by atoms with Crippen molar-refractivity contribution in [2.24, 2.45) is 0 Å². The standard InChI is InChI=1S/C13H17ClN2O/c1-9-6-10-7-11(14)8-12(13(10)17-9)16-4-2-15-3-5-16/h7-9,15H,2-6H2,1H3/t9-/m1/s1. The lowest BCUT2D eigenvalue weighted by molar-refractivity contribution is 0.255. The lowest BCUT2D eigenvalue weighted by atomic mass is 10.1. The summed E-state index contributed by atoms with van der Waals surface area (Å²) in [6.45, 7) is 6.19. The van der Waals surface area contributed by atoms with Crippen LogP contribution in [0.5, 0.6) is 5.75 Å². The zero-order valence-electron chi connectivity index (χ0n) is 10.0. The third kappa shape index (κ3) is 2.09. The molecule has 0 aliphatic carbocycles. The second-order valence-electron chi connectivity index (χ2n) is 4.78. The quantitative estimate of drug-likeness (QED) is 0.828. The lowest BCUT2D eigenvalue weighted by Crippen LogP contribution is -2.43. The molecule has 1 fully saturated rings. The molecule has 1 aromatic carbocycles. The van der Waals surface area contributed by atoms with Gasteiger partial charge in [-0.05, 0) is 19.1 Å². The average molecular weight is 253 g/mol. The molecule has 0 saturated carbocycles. The van der Waals surface area contributed by atoms with Crippen LogP contribution in [-0.4, -0.2) is 32.3 Å². The highest BCUT2D eigenvalue weighted by Gasteiger charge is 2.26. The zero-order valence-corrected chi connectivity index (χ0v) is 10.8. The third-order valence-electron chi connectivity index (χ3n) is 3.40. The molecule has 3 nitrogen and oxygen atoms in total. The average Bonchev–Trinajstić information content (AvgIpc) is 2.69. The molecule has 1 atom stereocenters. The minimum Gasteiger partial charge on any atom is -0.488 e. The first kappa shape index (κ1) is 11.2. The summed E-state index contributed by atoms with van der Waals surface area (Å²) in [5.41, 5.74) is 2.41. The summed E-state index contributed by atoms with van der Waals surface area (Å²) >= 11 is 6.20. The first-order chi connectivity index (χ1) is 8.24. The molecule has 92 valence electrons. The van der Waals surface area contributed by atoms with Crippen LogP contribution in [0.1, 0.15) is 12.5 Å². The van der Waals surface area contributed by atoms with Gasteiger partial charge in [-0.2, -0.15) is 0 Å². The minimum atomic E-state index is 0.269. The van der Waals surface area contributed by atoms with Crippen LogP contribution < -0.4 is 15.0 Å². The summed E-state index contributed by atoms with van der Waals surface area (Å²) in [7, 11) is 0. The minimum absolute atomic E-state index is 0.269. The Bertz CT molecular complexity index is 430. The van der Waals surface area contributed by atoms with E-state index in [2.05, 4.69) is 17.1 Å². The Balaban J connectivity index is 1.98. The Hall–Kier alpha value is -0.930. The van der Waals surface area contributed by atoms with E-state index in [4.69, 9.17) is 16.3 Å². The molecule has 0 bridgehead atoms. The molecule has 0 aromatic heterocycles. The number of hydrogen-bond acceptors (Lipinski definition) is 3. The fraction of sp³-hybridized carbons (Fsp3) is 0.538.